The summed E-state index contributed by atoms with van der Waals surface area (Å²) in [6.07, 6.45) is 0. The number of ether oxygens (including phenoxy) is 3. The summed E-state index contributed by atoms with van der Waals surface area (Å²) in [6, 6.07) is 11.1. The Morgan fingerprint density at radius 3 is 2.56 bits per heavy atom. The second kappa shape index (κ2) is 10.8. The zero-order valence-corrected chi connectivity index (χ0v) is 20.3. The van der Waals surface area contributed by atoms with Crippen LogP contribution in [-0.2, 0) is 20.8 Å². The van der Waals surface area contributed by atoms with E-state index in [4.69, 9.17) is 14.2 Å². The predicted octanol–water partition coefficient (Wildman–Crippen LogP) is 3.00. The minimum Gasteiger partial charge on any atom is -0.494 e. The van der Waals surface area contributed by atoms with Gasteiger partial charge in [0.25, 0.3) is 5.91 Å². The van der Waals surface area contributed by atoms with E-state index in [2.05, 4.69) is 15.2 Å². The molecule has 2 amide bonds. The lowest BCUT2D eigenvalue weighted by Gasteiger charge is -2.29. The van der Waals surface area contributed by atoms with Crippen LogP contribution in [0, 0.1) is 0 Å². The van der Waals surface area contributed by atoms with Gasteiger partial charge in [-0.05, 0) is 29.8 Å². The monoisotopic (exact) mass is 484 g/mol. The van der Waals surface area contributed by atoms with Crippen molar-refractivity contribution in [3.05, 3.63) is 47.5 Å². The number of carbonyl (C=O) groups excluding carboxylic acids is 2. The van der Waals surface area contributed by atoms with Gasteiger partial charge in [0.15, 0.2) is 5.13 Å². The molecule has 1 aromatic heterocycles. The van der Waals surface area contributed by atoms with Crippen LogP contribution in [0.5, 0.6) is 5.75 Å². The van der Waals surface area contributed by atoms with Crippen LogP contribution in [-0.4, -0.2) is 75.9 Å². The zero-order valence-electron chi connectivity index (χ0n) is 19.5. The van der Waals surface area contributed by atoms with E-state index < -0.39 is 0 Å². The third-order valence-corrected chi connectivity index (χ3v) is 6.60. The van der Waals surface area contributed by atoms with Gasteiger partial charge in [-0.3, -0.25) is 14.9 Å². The van der Waals surface area contributed by atoms with Crippen LogP contribution in [0.15, 0.2) is 36.4 Å². The smallest absolute Gasteiger partial charge is 0.257 e. The predicted molar refractivity (Wildman–Crippen MR) is 132 cm³/mol. The molecule has 1 saturated heterocycles. The molecule has 1 aliphatic heterocycles. The third-order valence-electron chi connectivity index (χ3n) is 5.61. The second-order valence-electron chi connectivity index (χ2n) is 7.92. The maximum Gasteiger partial charge on any atom is 0.257 e. The molecule has 0 aliphatic carbocycles. The number of morpholine rings is 1. The van der Waals surface area contributed by atoms with Crippen molar-refractivity contribution in [2.75, 3.05) is 64.4 Å². The van der Waals surface area contributed by atoms with E-state index >= 15 is 0 Å². The van der Waals surface area contributed by atoms with Crippen LogP contribution in [0.25, 0.3) is 10.2 Å². The van der Waals surface area contributed by atoms with Crippen LogP contribution >= 0.6 is 11.3 Å². The summed E-state index contributed by atoms with van der Waals surface area (Å²) in [6.45, 7) is 3.45. The van der Waals surface area contributed by atoms with Crippen LogP contribution in [0.1, 0.15) is 15.9 Å². The first kappa shape index (κ1) is 23.9. The number of benzene rings is 2. The number of nitrogens with one attached hydrogen (secondary N) is 1. The van der Waals surface area contributed by atoms with Crippen molar-refractivity contribution in [1.82, 2.24) is 9.88 Å². The molecule has 10 heteroatoms. The van der Waals surface area contributed by atoms with Gasteiger partial charge < -0.3 is 24.0 Å². The highest BCUT2D eigenvalue weighted by Crippen LogP contribution is 2.39. The van der Waals surface area contributed by atoms with Crippen LogP contribution in [0.3, 0.4) is 0 Å². The summed E-state index contributed by atoms with van der Waals surface area (Å²) in [4.78, 5) is 33.3. The van der Waals surface area contributed by atoms with Gasteiger partial charge in [-0.1, -0.05) is 23.5 Å². The summed E-state index contributed by atoms with van der Waals surface area (Å²) in [5.41, 5.74) is 3.22. The summed E-state index contributed by atoms with van der Waals surface area (Å²) >= 11 is 1.43. The Labute approximate surface area is 202 Å². The third kappa shape index (κ3) is 5.30. The van der Waals surface area contributed by atoms with Crippen LogP contribution in [0.4, 0.5) is 10.8 Å². The molecule has 3 aromatic rings. The highest BCUT2D eigenvalue weighted by molar-refractivity contribution is 7.23. The Morgan fingerprint density at radius 1 is 1.15 bits per heavy atom. The number of hydrogen-bond donors (Lipinski definition) is 1. The van der Waals surface area contributed by atoms with Crippen molar-refractivity contribution < 1.29 is 23.8 Å². The van der Waals surface area contributed by atoms with Gasteiger partial charge in [0.2, 0.25) is 5.91 Å². The van der Waals surface area contributed by atoms with Gasteiger partial charge in [0.05, 0.1) is 30.7 Å². The van der Waals surface area contributed by atoms with E-state index in [1.54, 1.807) is 31.2 Å². The molecule has 180 valence electrons. The number of methoxy groups -OCH3 is 2. The summed E-state index contributed by atoms with van der Waals surface area (Å²) in [5, 5.41) is 3.42. The van der Waals surface area contributed by atoms with E-state index in [0.717, 1.165) is 34.6 Å². The molecule has 0 radical (unpaired) electrons. The molecule has 1 N–H and O–H groups in total. The molecule has 0 spiro atoms. The maximum absolute atomic E-state index is 12.9. The van der Waals surface area contributed by atoms with Crippen molar-refractivity contribution >= 4 is 44.2 Å². The maximum atomic E-state index is 12.9. The van der Waals surface area contributed by atoms with Crippen molar-refractivity contribution in [3.63, 3.8) is 0 Å². The van der Waals surface area contributed by atoms with Gasteiger partial charge in [-0.15, -0.1) is 0 Å². The minimum atomic E-state index is -0.249. The Hall–Kier alpha value is -3.21. The van der Waals surface area contributed by atoms with E-state index in [-0.39, 0.29) is 18.4 Å². The molecule has 9 nitrogen and oxygen atoms in total. The van der Waals surface area contributed by atoms with Crippen molar-refractivity contribution in [3.8, 4) is 5.75 Å². The Kier molecular flexibility index (Phi) is 7.61. The number of nitrogens with zero attached hydrogens (tertiary/aromatic N) is 3. The fourth-order valence-electron chi connectivity index (χ4n) is 3.77. The van der Waals surface area contributed by atoms with E-state index in [1.807, 2.05) is 24.3 Å². The van der Waals surface area contributed by atoms with Crippen LogP contribution in [0.2, 0.25) is 0 Å². The molecule has 0 bridgehead atoms. The summed E-state index contributed by atoms with van der Waals surface area (Å²) in [5.74, 6) is 0.314. The lowest BCUT2D eigenvalue weighted by atomic mass is 10.1. The van der Waals surface area contributed by atoms with Crippen molar-refractivity contribution in [2.24, 2.45) is 0 Å². The highest BCUT2D eigenvalue weighted by Gasteiger charge is 2.20. The number of hydrogen-bond acceptors (Lipinski definition) is 8. The first-order chi connectivity index (χ1) is 16.5. The molecule has 2 aromatic carbocycles. The molecule has 1 fully saturated rings. The van der Waals surface area contributed by atoms with Gasteiger partial charge in [-0.25, -0.2) is 4.98 Å². The van der Waals surface area contributed by atoms with Crippen molar-refractivity contribution in [2.45, 2.75) is 6.54 Å². The number of likely N-dealkylation sites (N-methyl/N-ethyl adjacent to an activating group) is 1. The quantitative estimate of drug-likeness (QED) is 0.525. The number of aromatic nitrogens is 1. The Bertz CT molecular complexity index is 1160. The van der Waals surface area contributed by atoms with Gasteiger partial charge >= 0.3 is 0 Å². The summed E-state index contributed by atoms with van der Waals surface area (Å²) in [7, 11) is 4.82. The lowest BCUT2D eigenvalue weighted by molar-refractivity contribution is -0.134. The lowest BCUT2D eigenvalue weighted by Crippen LogP contribution is -2.36. The number of anilines is 2. The molecule has 0 unspecified atom stereocenters. The van der Waals surface area contributed by atoms with Gasteiger partial charge in [-0.2, -0.15) is 0 Å². The van der Waals surface area contributed by atoms with Gasteiger partial charge in [0, 0.05) is 39.4 Å². The highest BCUT2D eigenvalue weighted by atomic mass is 32.1. The first-order valence-electron chi connectivity index (χ1n) is 10.9. The fourth-order valence-corrected chi connectivity index (χ4v) is 4.79. The molecule has 4 rings (SSSR count). The topological polar surface area (TPSA) is 93.2 Å². The molecular formula is C24H28N4O5S. The first-order valence-corrected chi connectivity index (χ1v) is 11.7. The molecule has 1 aliphatic rings. The van der Waals surface area contributed by atoms with Crippen molar-refractivity contribution in [1.29, 1.82) is 0 Å². The number of carbonyl (C=O) groups is 2. The number of thiazole rings is 1. The Balaban J connectivity index is 1.50. The standard InChI is InChI=1S/C24H28N4O5S/c1-27(20(29)15-31-2)14-16-4-6-17(7-5-16)23(30)26-24-25-21-19(32-3)9-8-18(22(21)34-24)28-10-12-33-13-11-28/h4-9H,10-15H2,1-3H3,(H,25,26,30). The van der Waals surface area contributed by atoms with E-state index in [1.165, 1.54) is 18.4 Å². The van der Waals surface area contributed by atoms with Crippen LogP contribution < -0.4 is 15.0 Å². The molecule has 2 heterocycles. The number of rotatable bonds is 8. The normalized spacial score (nSPS) is 13.7. The zero-order chi connectivity index (χ0) is 24.1. The molecule has 0 saturated carbocycles. The minimum absolute atomic E-state index is 0.0389. The second-order valence-corrected chi connectivity index (χ2v) is 8.92. The van der Waals surface area contributed by atoms with Gasteiger partial charge in [0.1, 0.15) is 17.9 Å². The average molecular weight is 485 g/mol. The fraction of sp³-hybridized carbons (Fsp3) is 0.375. The van der Waals surface area contributed by atoms with E-state index in [0.29, 0.717) is 36.2 Å². The number of fused-ring (bicyclic) bond motifs is 1. The average Bonchev–Trinajstić information content (AvgIpc) is 3.28. The Morgan fingerprint density at radius 2 is 1.88 bits per heavy atom. The molecular weight excluding hydrogens is 456 g/mol. The molecule has 0 atom stereocenters. The number of amides is 2. The molecule has 34 heavy (non-hydrogen) atoms. The summed E-state index contributed by atoms with van der Waals surface area (Å²) < 4.78 is 16.8. The van der Waals surface area contributed by atoms with E-state index in [9.17, 15) is 9.59 Å². The largest absolute Gasteiger partial charge is 0.494 e. The SMILES string of the molecule is COCC(=O)N(C)Cc1ccc(C(=O)Nc2nc3c(OC)ccc(N4CCOCC4)c3s2)cc1.